The molecule has 0 aromatic heterocycles. The Kier molecular flexibility index (Phi) is 5.07. The van der Waals surface area contributed by atoms with Gasteiger partial charge in [-0.1, -0.05) is 13.3 Å². The molecule has 2 aliphatic rings. The molecule has 3 unspecified atom stereocenters. The first-order chi connectivity index (χ1) is 7.86. The molecule has 0 amide bonds. The molecule has 0 aromatic carbocycles. The molecule has 1 heterocycles. The molecule has 1 saturated heterocycles. The van der Waals surface area contributed by atoms with Gasteiger partial charge in [-0.2, -0.15) is 0 Å². The molecular formula is C13H25NO2. The molecular weight excluding hydrogens is 202 g/mol. The van der Waals surface area contributed by atoms with Gasteiger partial charge in [-0.05, 0) is 31.6 Å². The molecule has 1 N–H and O–H groups in total. The second-order valence-corrected chi connectivity index (χ2v) is 5.18. The molecule has 2 fully saturated rings. The summed E-state index contributed by atoms with van der Waals surface area (Å²) in [5.41, 5.74) is 0. The SMILES string of the molecule is CC1CCCC1NCCOCC1CCCO1. The van der Waals surface area contributed by atoms with Crippen LogP contribution in [0.5, 0.6) is 0 Å². The van der Waals surface area contributed by atoms with E-state index in [-0.39, 0.29) is 0 Å². The first kappa shape index (κ1) is 12.3. The minimum absolute atomic E-state index is 0.366. The Morgan fingerprint density at radius 2 is 2.19 bits per heavy atom. The van der Waals surface area contributed by atoms with Crippen LogP contribution in [-0.4, -0.2) is 38.5 Å². The van der Waals surface area contributed by atoms with E-state index in [0.717, 1.165) is 38.3 Å². The molecule has 1 aliphatic heterocycles. The van der Waals surface area contributed by atoms with Gasteiger partial charge in [0.2, 0.25) is 0 Å². The molecule has 94 valence electrons. The van der Waals surface area contributed by atoms with Gasteiger partial charge < -0.3 is 14.8 Å². The molecule has 16 heavy (non-hydrogen) atoms. The third-order valence-corrected chi connectivity index (χ3v) is 3.84. The quantitative estimate of drug-likeness (QED) is 0.704. The zero-order valence-corrected chi connectivity index (χ0v) is 10.4. The summed E-state index contributed by atoms with van der Waals surface area (Å²) < 4.78 is 11.1. The van der Waals surface area contributed by atoms with Crippen LogP contribution in [0.25, 0.3) is 0 Å². The van der Waals surface area contributed by atoms with Gasteiger partial charge in [0.1, 0.15) is 0 Å². The lowest BCUT2D eigenvalue weighted by atomic mass is 10.1. The summed E-state index contributed by atoms with van der Waals surface area (Å²) in [5, 5.41) is 3.59. The van der Waals surface area contributed by atoms with Gasteiger partial charge in [0.25, 0.3) is 0 Å². The third kappa shape index (κ3) is 3.72. The standard InChI is InChI=1S/C13H25NO2/c1-11-4-2-6-13(11)14-7-9-15-10-12-5-3-8-16-12/h11-14H,2-10H2,1H3. The number of hydrogen-bond acceptors (Lipinski definition) is 3. The first-order valence-corrected chi connectivity index (χ1v) is 6.79. The summed E-state index contributed by atoms with van der Waals surface area (Å²) in [7, 11) is 0. The fourth-order valence-corrected chi connectivity index (χ4v) is 2.76. The normalized spacial score (nSPS) is 34.7. The van der Waals surface area contributed by atoms with Crippen molar-refractivity contribution in [3.05, 3.63) is 0 Å². The number of rotatable bonds is 6. The van der Waals surface area contributed by atoms with Gasteiger partial charge in [-0.15, -0.1) is 0 Å². The van der Waals surface area contributed by atoms with Crippen LogP contribution in [0.15, 0.2) is 0 Å². The molecule has 0 spiro atoms. The van der Waals surface area contributed by atoms with Crippen LogP contribution < -0.4 is 5.32 Å². The smallest absolute Gasteiger partial charge is 0.0809 e. The summed E-state index contributed by atoms with van der Waals surface area (Å²) in [6.45, 7) is 5.86. The van der Waals surface area contributed by atoms with E-state index in [0.29, 0.717) is 6.10 Å². The van der Waals surface area contributed by atoms with Crippen LogP contribution in [0.4, 0.5) is 0 Å². The van der Waals surface area contributed by atoms with Gasteiger partial charge in [0.15, 0.2) is 0 Å². The van der Waals surface area contributed by atoms with Crippen LogP contribution in [0.2, 0.25) is 0 Å². The topological polar surface area (TPSA) is 30.5 Å². The Bertz CT molecular complexity index is 192. The highest BCUT2D eigenvalue weighted by atomic mass is 16.5. The van der Waals surface area contributed by atoms with E-state index in [2.05, 4.69) is 12.2 Å². The van der Waals surface area contributed by atoms with Crippen LogP contribution in [-0.2, 0) is 9.47 Å². The van der Waals surface area contributed by atoms with E-state index in [9.17, 15) is 0 Å². The Labute approximate surface area is 98.9 Å². The number of hydrogen-bond donors (Lipinski definition) is 1. The predicted molar refractivity (Wildman–Crippen MR) is 64.6 cm³/mol. The zero-order chi connectivity index (χ0) is 11.2. The molecule has 0 radical (unpaired) electrons. The highest BCUT2D eigenvalue weighted by molar-refractivity contribution is 4.79. The van der Waals surface area contributed by atoms with Crippen LogP contribution in [0.1, 0.15) is 39.0 Å². The van der Waals surface area contributed by atoms with Crippen molar-refractivity contribution < 1.29 is 9.47 Å². The summed E-state index contributed by atoms with van der Waals surface area (Å²) in [4.78, 5) is 0. The predicted octanol–water partition coefficient (Wildman–Crippen LogP) is 1.96. The molecule has 0 aromatic rings. The Hall–Kier alpha value is -0.120. The molecule has 2 rings (SSSR count). The highest BCUT2D eigenvalue weighted by Gasteiger charge is 2.22. The largest absolute Gasteiger partial charge is 0.377 e. The minimum atomic E-state index is 0.366. The van der Waals surface area contributed by atoms with Crippen molar-refractivity contribution in [3.8, 4) is 0 Å². The molecule has 3 nitrogen and oxygen atoms in total. The van der Waals surface area contributed by atoms with E-state index < -0.39 is 0 Å². The van der Waals surface area contributed by atoms with Gasteiger partial charge in [-0.25, -0.2) is 0 Å². The summed E-state index contributed by atoms with van der Waals surface area (Å²) in [6, 6.07) is 0.728. The second kappa shape index (κ2) is 6.58. The van der Waals surface area contributed by atoms with E-state index in [1.807, 2.05) is 0 Å². The zero-order valence-electron chi connectivity index (χ0n) is 10.4. The molecule has 1 aliphatic carbocycles. The van der Waals surface area contributed by atoms with E-state index in [4.69, 9.17) is 9.47 Å². The van der Waals surface area contributed by atoms with Crippen molar-refractivity contribution in [2.45, 2.75) is 51.2 Å². The third-order valence-electron chi connectivity index (χ3n) is 3.84. The number of ether oxygens (including phenoxy) is 2. The van der Waals surface area contributed by atoms with E-state index in [1.54, 1.807) is 0 Å². The summed E-state index contributed by atoms with van der Waals surface area (Å²) in [5.74, 6) is 0.846. The molecule has 1 saturated carbocycles. The summed E-state index contributed by atoms with van der Waals surface area (Å²) in [6.07, 6.45) is 6.85. The minimum Gasteiger partial charge on any atom is -0.377 e. The van der Waals surface area contributed by atoms with Crippen LogP contribution >= 0.6 is 0 Å². The molecule has 3 atom stereocenters. The van der Waals surface area contributed by atoms with Gasteiger partial charge in [-0.3, -0.25) is 0 Å². The van der Waals surface area contributed by atoms with Crippen molar-refractivity contribution in [2.24, 2.45) is 5.92 Å². The maximum Gasteiger partial charge on any atom is 0.0809 e. The monoisotopic (exact) mass is 227 g/mol. The van der Waals surface area contributed by atoms with Gasteiger partial charge in [0.05, 0.1) is 19.3 Å². The van der Waals surface area contributed by atoms with Gasteiger partial charge >= 0.3 is 0 Å². The Balaban J connectivity index is 1.45. The lowest BCUT2D eigenvalue weighted by molar-refractivity contribution is 0.0176. The van der Waals surface area contributed by atoms with Crippen molar-refractivity contribution in [2.75, 3.05) is 26.4 Å². The van der Waals surface area contributed by atoms with E-state index >= 15 is 0 Å². The van der Waals surface area contributed by atoms with Crippen molar-refractivity contribution in [3.63, 3.8) is 0 Å². The Morgan fingerprint density at radius 1 is 1.25 bits per heavy atom. The second-order valence-electron chi connectivity index (χ2n) is 5.18. The maximum absolute atomic E-state index is 5.63. The lowest BCUT2D eigenvalue weighted by Gasteiger charge is -2.17. The maximum atomic E-state index is 5.63. The molecule has 3 heteroatoms. The van der Waals surface area contributed by atoms with Gasteiger partial charge in [0, 0.05) is 19.2 Å². The van der Waals surface area contributed by atoms with Crippen molar-refractivity contribution in [1.82, 2.24) is 5.32 Å². The summed E-state index contributed by atoms with van der Waals surface area (Å²) >= 11 is 0. The van der Waals surface area contributed by atoms with Crippen LogP contribution in [0.3, 0.4) is 0 Å². The Morgan fingerprint density at radius 3 is 2.88 bits per heavy atom. The fourth-order valence-electron chi connectivity index (χ4n) is 2.76. The average Bonchev–Trinajstić information content (AvgIpc) is 2.90. The first-order valence-electron chi connectivity index (χ1n) is 6.79. The molecule has 0 bridgehead atoms. The van der Waals surface area contributed by atoms with Crippen LogP contribution in [0, 0.1) is 5.92 Å². The lowest BCUT2D eigenvalue weighted by Crippen LogP contribution is -2.34. The average molecular weight is 227 g/mol. The highest BCUT2D eigenvalue weighted by Crippen LogP contribution is 2.24. The van der Waals surface area contributed by atoms with Crippen molar-refractivity contribution in [1.29, 1.82) is 0 Å². The van der Waals surface area contributed by atoms with Crippen molar-refractivity contribution >= 4 is 0 Å². The fraction of sp³-hybridized carbons (Fsp3) is 1.00. The number of nitrogens with one attached hydrogen (secondary N) is 1. The van der Waals surface area contributed by atoms with E-state index in [1.165, 1.54) is 32.1 Å².